The molecule has 0 heterocycles. The molecule has 0 bridgehead atoms. The van der Waals surface area contributed by atoms with Gasteiger partial charge in [0.2, 0.25) is 0 Å². The van der Waals surface area contributed by atoms with Crippen LogP contribution in [0.5, 0.6) is 5.75 Å². The fourth-order valence-electron chi connectivity index (χ4n) is 0.979. The van der Waals surface area contributed by atoms with Gasteiger partial charge in [-0.2, -0.15) is 5.48 Å². The van der Waals surface area contributed by atoms with Gasteiger partial charge in [-0.3, -0.25) is 14.9 Å². The lowest BCUT2D eigenvalue weighted by molar-refractivity contribution is -0.384. The summed E-state index contributed by atoms with van der Waals surface area (Å²) < 4.78 is 4.42. The third-order valence-electron chi connectivity index (χ3n) is 1.77. The first-order valence-corrected chi connectivity index (χ1v) is 4.93. The third-order valence-corrected chi connectivity index (χ3v) is 1.77. The lowest BCUT2D eigenvalue weighted by Crippen LogP contribution is -2.34. The highest BCUT2D eigenvalue weighted by atomic mass is 16.7. The van der Waals surface area contributed by atoms with Crippen LogP contribution >= 0.6 is 0 Å². The standard InChI is InChI=1S/C10H10N2O6/c1-2-17-10(14)9(13)11-18-8-5-3-7(4-6-8)12(15)16/h3-6H,2H2,1H3,(H,11,13). The Labute approximate surface area is 102 Å². The predicted octanol–water partition coefficient (Wildman–Crippen LogP) is 0.568. The topological polar surface area (TPSA) is 108 Å². The van der Waals surface area contributed by atoms with E-state index < -0.39 is 16.8 Å². The summed E-state index contributed by atoms with van der Waals surface area (Å²) in [4.78, 5) is 36.5. The number of carbonyl (C=O) groups excluding carboxylic acids is 2. The maximum atomic E-state index is 11.1. The summed E-state index contributed by atoms with van der Waals surface area (Å²) in [7, 11) is 0. The number of hydrogen-bond donors (Lipinski definition) is 1. The fraction of sp³-hybridized carbons (Fsp3) is 0.200. The number of nitrogens with zero attached hydrogens (tertiary/aromatic N) is 1. The smallest absolute Gasteiger partial charge is 0.399 e. The fourth-order valence-corrected chi connectivity index (χ4v) is 0.979. The van der Waals surface area contributed by atoms with E-state index in [1.165, 1.54) is 24.3 Å². The van der Waals surface area contributed by atoms with Gasteiger partial charge in [0.15, 0.2) is 5.75 Å². The number of benzene rings is 1. The molecule has 0 aliphatic carbocycles. The Morgan fingerprint density at radius 1 is 1.33 bits per heavy atom. The molecule has 1 amide bonds. The van der Waals surface area contributed by atoms with E-state index >= 15 is 0 Å². The van der Waals surface area contributed by atoms with Crippen LogP contribution in [0.2, 0.25) is 0 Å². The number of nitro groups is 1. The van der Waals surface area contributed by atoms with Gasteiger partial charge in [-0.15, -0.1) is 0 Å². The molecule has 1 aromatic carbocycles. The molecule has 0 spiro atoms. The molecule has 0 fully saturated rings. The van der Waals surface area contributed by atoms with Crippen molar-refractivity contribution in [3.8, 4) is 5.75 Å². The molecule has 0 atom stereocenters. The molecule has 8 nitrogen and oxygen atoms in total. The van der Waals surface area contributed by atoms with Crippen molar-refractivity contribution in [3.63, 3.8) is 0 Å². The van der Waals surface area contributed by atoms with Gasteiger partial charge in [-0.25, -0.2) is 4.79 Å². The van der Waals surface area contributed by atoms with Gasteiger partial charge in [-0.1, -0.05) is 0 Å². The highest BCUT2D eigenvalue weighted by Crippen LogP contribution is 2.16. The molecule has 18 heavy (non-hydrogen) atoms. The van der Waals surface area contributed by atoms with Crippen LogP contribution in [0.3, 0.4) is 0 Å². The van der Waals surface area contributed by atoms with Gasteiger partial charge in [0.05, 0.1) is 11.5 Å². The molecule has 0 aliphatic heterocycles. The summed E-state index contributed by atoms with van der Waals surface area (Å²) in [6, 6.07) is 4.96. The monoisotopic (exact) mass is 254 g/mol. The van der Waals surface area contributed by atoms with Gasteiger partial charge in [0.25, 0.3) is 5.69 Å². The van der Waals surface area contributed by atoms with Crippen molar-refractivity contribution >= 4 is 17.6 Å². The number of hydroxylamine groups is 1. The second-order valence-corrected chi connectivity index (χ2v) is 3.00. The second kappa shape index (κ2) is 6.18. The van der Waals surface area contributed by atoms with Gasteiger partial charge in [-0.05, 0) is 19.1 Å². The van der Waals surface area contributed by atoms with E-state index in [1.807, 2.05) is 5.48 Å². The summed E-state index contributed by atoms with van der Waals surface area (Å²) in [5.74, 6) is -1.98. The number of hydrogen-bond acceptors (Lipinski definition) is 6. The highest BCUT2D eigenvalue weighted by molar-refractivity contribution is 6.32. The van der Waals surface area contributed by atoms with Crippen LogP contribution in [0.15, 0.2) is 24.3 Å². The summed E-state index contributed by atoms with van der Waals surface area (Å²) >= 11 is 0. The zero-order valence-corrected chi connectivity index (χ0v) is 9.41. The van der Waals surface area contributed by atoms with Crippen molar-refractivity contribution in [1.82, 2.24) is 5.48 Å². The molecule has 0 aliphatic rings. The zero-order chi connectivity index (χ0) is 13.5. The maximum absolute atomic E-state index is 11.1. The molecule has 1 aromatic rings. The number of rotatable bonds is 4. The number of carbonyl (C=O) groups is 2. The van der Waals surface area contributed by atoms with Crippen LogP contribution in [-0.4, -0.2) is 23.4 Å². The molecular weight excluding hydrogens is 244 g/mol. The first kappa shape index (κ1) is 13.4. The minimum absolute atomic E-state index is 0.0732. The van der Waals surface area contributed by atoms with Crippen molar-refractivity contribution in [2.75, 3.05) is 6.61 Å². The summed E-state index contributed by atoms with van der Waals surface area (Å²) in [5, 5.41) is 10.4. The van der Waals surface area contributed by atoms with Gasteiger partial charge >= 0.3 is 11.9 Å². The Hall–Kier alpha value is -2.64. The SMILES string of the molecule is CCOC(=O)C(=O)NOc1ccc([N+](=O)[O-])cc1. The Morgan fingerprint density at radius 2 is 1.94 bits per heavy atom. The molecule has 1 rings (SSSR count). The molecule has 0 saturated heterocycles. The zero-order valence-electron chi connectivity index (χ0n) is 9.41. The van der Waals surface area contributed by atoms with E-state index in [9.17, 15) is 19.7 Å². The van der Waals surface area contributed by atoms with Crippen LogP contribution in [-0.2, 0) is 14.3 Å². The lowest BCUT2D eigenvalue weighted by atomic mass is 10.3. The summed E-state index contributed by atoms with van der Waals surface area (Å²) in [6.07, 6.45) is 0. The van der Waals surface area contributed by atoms with E-state index in [0.29, 0.717) is 0 Å². The molecular formula is C10H10N2O6. The van der Waals surface area contributed by atoms with Crippen molar-refractivity contribution in [2.45, 2.75) is 6.92 Å². The highest BCUT2D eigenvalue weighted by Gasteiger charge is 2.15. The molecule has 1 N–H and O–H groups in total. The van der Waals surface area contributed by atoms with E-state index in [4.69, 9.17) is 4.84 Å². The Morgan fingerprint density at radius 3 is 2.44 bits per heavy atom. The van der Waals surface area contributed by atoms with Crippen LogP contribution in [0, 0.1) is 10.1 Å². The Balaban J connectivity index is 2.51. The average molecular weight is 254 g/mol. The van der Waals surface area contributed by atoms with Crippen LogP contribution in [0.4, 0.5) is 5.69 Å². The van der Waals surface area contributed by atoms with E-state index in [2.05, 4.69) is 4.74 Å². The van der Waals surface area contributed by atoms with Gasteiger partial charge < -0.3 is 9.57 Å². The minimum Gasteiger partial charge on any atom is -0.459 e. The molecule has 0 saturated carbocycles. The van der Waals surface area contributed by atoms with E-state index in [0.717, 1.165) is 0 Å². The quantitative estimate of drug-likeness (QED) is 0.364. The Bertz CT molecular complexity index is 456. The molecule has 0 radical (unpaired) electrons. The number of nitrogens with one attached hydrogen (secondary N) is 1. The molecule has 8 heteroatoms. The number of ether oxygens (including phenoxy) is 1. The van der Waals surface area contributed by atoms with Crippen LogP contribution < -0.4 is 10.3 Å². The predicted molar refractivity (Wildman–Crippen MR) is 58.5 cm³/mol. The van der Waals surface area contributed by atoms with Gasteiger partial charge in [0.1, 0.15) is 0 Å². The van der Waals surface area contributed by atoms with Gasteiger partial charge in [0, 0.05) is 12.1 Å². The van der Waals surface area contributed by atoms with E-state index in [1.54, 1.807) is 6.92 Å². The van der Waals surface area contributed by atoms with Crippen molar-refractivity contribution in [3.05, 3.63) is 34.4 Å². The maximum Gasteiger partial charge on any atom is 0.399 e. The largest absolute Gasteiger partial charge is 0.459 e. The van der Waals surface area contributed by atoms with E-state index in [-0.39, 0.29) is 18.0 Å². The number of amides is 1. The molecule has 96 valence electrons. The Kier molecular flexibility index (Phi) is 4.61. The average Bonchev–Trinajstić information content (AvgIpc) is 2.36. The molecule has 0 unspecified atom stereocenters. The third kappa shape index (κ3) is 3.74. The van der Waals surface area contributed by atoms with Crippen LogP contribution in [0.1, 0.15) is 6.92 Å². The van der Waals surface area contributed by atoms with Crippen molar-refractivity contribution in [2.24, 2.45) is 0 Å². The first-order chi connectivity index (χ1) is 8.54. The number of nitro benzene ring substituents is 1. The van der Waals surface area contributed by atoms with Crippen LogP contribution in [0.25, 0.3) is 0 Å². The normalized spacial score (nSPS) is 9.39. The van der Waals surface area contributed by atoms with Crippen molar-refractivity contribution in [1.29, 1.82) is 0 Å². The molecule has 0 aromatic heterocycles. The first-order valence-electron chi connectivity index (χ1n) is 4.93. The summed E-state index contributed by atoms with van der Waals surface area (Å²) in [6.45, 7) is 1.63. The number of esters is 1. The van der Waals surface area contributed by atoms with Crippen molar-refractivity contribution < 1.29 is 24.1 Å². The minimum atomic E-state index is -1.07. The lowest BCUT2D eigenvalue weighted by Gasteiger charge is -2.05. The number of non-ortho nitro benzene ring substituents is 1. The summed E-state index contributed by atoms with van der Waals surface area (Å²) in [5.41, 5.74) is 1.74. The second-order valence-electron chi connectivity index (χ2n) is 3.00.